The van der Waals surface area contributed by atoms with Crippen LogP contribution in [0.15, 0.2) is 23.4 Å². The second-order valence-electron chi connectivity index (χ2n) is 6.61. The molecule has 0 spiro atoms. The van der Waals surface area contributed by atoms with Crippen LogP contribution in [-0.4, -0.2) is 33.4 Å². The molecule has 0 radical (unpaired) electrons. The summed E-state index contributed by atoms with van der Waals surface area (Å²) in [6, 6.07) is 6.15. The number of aromatic nitrogens is 3. The van der Waals surface area contributed by atoms with E-state index in [1.807, 2.05) is 32.0 Å². The van der Waals surface area contributed by atoms with Gasteiger partial charge in [0.15, 0.2) is 10.9 Å². The van der Waals surface area contributed by atoms with E-state index in [2.05, 4.69) is 14.8 Å². The van der Waals surface area contributed by atoms with Crippen LogP contribution < -0.4 is 4.74 Å². The Morgan fingerprint density at radius 2 is 2.00 bits per heavy atom. The molecule has 0 aliphatic heterocycles. The number of aryl methyl sites for hydroxylation is 2. The fourth-order valence-corrected chi connectivity index (χ4v) is 4.39. The largest absolute Gasteiger partial charge is 0.496 e. The summed E-state index contributed by atoms with van der Waals surface area (Å²) in [6.45, 7) is 3.98. The van der Waals surface area contributed by atoms with Gasteiger partial charge in [-0.25, -0.2) is 0 Å². The molecule has 5 nitrogen and oxygen atoms in total. The van der Waals surface area contributed by atoms with Gasteiger partial charge in [0.2, 0.25) is 0 Å². The van der Waals surface area contributed by atoms with Crippen LogP contribution in [0.2, 0.25) is 0 Å². The summed E-state index contributed by atoms with van der Waals surface area (Å²) >= 11 is 1.47. The van der Waals surface area contributed by atoms with E-state index in [1.165, 1.54) is 43.9 Å². The lowest BCUT2D eigenvalue weighted by atomic mass is 9.95. The van der Waals surface area contributed by atoms with Gasteiger partial charge in [0.25, 0.3) is 0 Å². The average Bonchev–Trinajstić information content (AvgIpc) is 3.01. The number of ketones is 1. The quantitative estimate of drug-likeness (QED) is 0.566. The number of hydrogen-bond donors (Lipinski definition) is 0. The third-order valence-electron chi connectivity index (χ3n) is 4.76. The molecule has 1 aliphatic carbocycles. The standard InChI is InChI=1S/C19H25N3O2S/c1-13-9-10-18(24-3)16(11-13)17(23)12-25-19-21-20-14(2)22(19)15-7-5-4-6-8-15/h9-11,15H,4-8,12H2,1-3H3. The van der Waals surface area contributed by atoms with Crippen LogP contribution in [0.3, 0.4) is 0 Å². The van der Waals surface area contributed by atoms with Crippen LogP contribution in [-0.2, 0) is 0 Å². The number of Topliss-reactive ketones (excluding diaryl/α,β-unsaturated/α-hetero) is 1. The SMILES string of the molecule is COc1ccc(C)cc1C(=O)CSc1nnc(C)n1C1CCCCC1. The maximum Gasteiger partial charge on any atom is 0.191 e. The Bertz CT molecular complexity index is 751. The first-order valence-electron chi connectivity index (χ1n) is 8.82. The molecule has 1 aliphatic rings. The summed E-state index contributed by atoms with van der Waals surface area (Å²) in [7, 11) is 1.59. The molecule has 25 heavy (non-hydrogen) atoms. The van der Waals surface area contributed by atoms with Crippen LogP contribution in [0, 0.1) is 13.8 Å². The van der Waals surface area contributed by atoms with E-state index in [-0.39, 0.29) is 5.78 Å². The van der Waals surface area contributed by atoms with Gasteiger partial charge in [-0.1, -0.05) is 42.7 Å². The van der Waals surface area contributed by atoms with Crippen LogP contribution in [0.25, 0.3) is 0 Å². The first kappa shape index (κ1) is 18.0. The topological polar surface area (TPSA) is 57.0 Å². The maximum atomic E-state index is 12.7. The van der Waals surface area contributed by atoms with E-state index in [4.69, 9.17) is 4.74 Å². The molecule has 1 aromatic heterocycles. The summed E-state index contributed by atoms with van der Waals surface area (Å²) in [5, 5.41) is 9.41. The molecule has 6 heteroatoms. The molecule has 0 amide bonds. The van der Waals surface area contributed by atoms with Crippen molar-refractivity contribution in [2.75, 3.05) is 12.9 Å². The third kappa shape index (κ3) is 4.06. The Kier molecular flexibility index (Phi) is 5.78. The Morgan fingerprint density at radius 1 is 1.24 bits per heavy atom. The van der Waals surface area contributed by atoms with Crippen molar-refractivity contribution < 1.29 is 9.53 Å². The summed E-state index contributed by atoms with van der Waals surface area (Å²) in [5.41, 5.74) is 1.69. The average molecular weight is 359 g/mol. The monoisotopic (exact) mass is 359 g/mol. The predicted octanol–water partition coefficient (Wildman–Crippen LogP) is 4.38. The molecule has 134 valence electrons. The number of ether oxygens (including phenoxy) is 1. The van der Waals surface area contributed by atoms with Crippen molar-refractivity contribution in [2.24, 2.45) is 0 Å². The number of hydrogen-bond acceptors (Lipinski definition) is 5. The molecule has 0 saturated heterocycles. The highest BCUT2D eigenvalue weighted by atomic mass is 32.2. The molecule has 1 heterocycles. The van der Waals surface area contributed by atoms with Gasteiger partial charge in [-0.3, -0.25) is 4.79 Å². The molecule has 0 atom stereocenters. The molecular formula is C19H25N3O2S. The predicted molar refractivity (Wildman–Crippen MR) is 99.7 cm³/mol. The molecule has 2 aromatic rings. The van der Waals surface area contributed by atoms with Gasteiger partial charge in [0.1, 0.15) is 11.6 Å². The van der Waals surface area contributed by atoms with Gasteiger partial charge in [-0.15, -0.1) is 10.2 Å². The number of carbonyl (C=O) groups is 1. The molecule has 1 saturated carbocycles. The molecule has 0 unspecified atom stereocenters. The normalized spacial score (nSPS) is 15.3. The van der Waals surface area contributed by atoms with E-state index in [9.17, 15) is 4.79 Å². The van der Waals surface area contributed by atoms with Crippen LogP contribution >= 0.6 is 11.8 Å². The fourth-order valence-electron chi connectivity index (χ4n) is 3.46. The molecular weight excluding hydrogens is 334 g/mol. The van der Waals surface area contributed by atoms with Crippen LogP contribution in [0.5, 0.6) is 5.75 Å². The van der Waals surface area contributed by atoms with Gasteiger partial charge in [0, 0.05) is 6.04 Å². The number of thioether (sulfide) groups is 1. The first-order valence-corrected chi connectivity index (χ1v) is 9.81. The van der Waals surface area contributed by atoms with E-state index in [0.717, 1.165) is 16.5 Å². The van der Waals surface area contributed by atoms with Crippen molar-refractivity contribution in [2.45, 2.75) is 57.1 Å². The van der Waals surface area contributed by atoms with Crippen molar-refractivity contribution in [3.05, 3.63) is 35.2 Å². The first-order chi connectivity index (χ1) is 12.1. The second kappa shape index (κ2) is 8.04. The van der Waals surface area contributed by atoms with Crippen molar-refractivity contribution in [3.8, 4) is 5.75 Å². The molecule has 1 aromatic carbocycles. The van der Waals surface area contributed by atoms with Gasteiger partial charge >= 0.3 is 0 Å². The number of nitrogens with zero attached hydrogens (tertiary/aromatic N) is 3. The van der Waals surface area contributed by atoms with Crippen LogP contribution in [0.4, 0.5) is 0 Å². The Hall–Kier alpha value is -1.82. The number of rotatable bonds is 6. The number of benzene rings is 1. The van der Waals surface area contributed by atoms with E-state index >= 15 is 0 Å². The van der Waals surface area contributed by atoms with Gasteiger partial charge in [-0.2, -0.15) is 0 Å². The number of methoxy groups -OCH3 is 1. The van der Waals surface area contributed by atoms with Crippen molar-refractivity contribution in [3.63, 3.8) is 0 Å². The molecule has 0 N–H and O–H groups in total. The Labute approximate surface area is 153 Å². The van der Waals surface area contributed by atoms with Crippen molar-refractivity contribution >= 4 is 17.5 Å². The highest BCUT2D eigenvalue weighted by Crippen LogP contribution is 2.33. The van der Waals surface area contributed by atoms with E-state index in [1.54, 1.807) is 7.11 Å². The van der Waals surface area contributed by atoms with Gasteiger partial charge in [0.05, 0.1) is 18.4 Å². The summed E-state index contributed by atoms with van der Waals surface area (Å²) < 4.78 is 7.56. The fraction of sp³-hybridized carbons (Fsp3) is 0.526. The second-order valence-corrected chi connectivity index (χ2v) is 7.55. The minimum absolute atomic E-state index is 0.0568. The number of carbonyl (C=O) groups excluding carboxylic acids is 1. The molecule has 3 rings (SSSR count). The smallest absolute Gasteiger partial charge is 0.191 e. The highest BCUT2D eigenvalue weighted by molar-refractivity contribution is 7.99. The lowest BCUT2D eigenvalue weighted by Crippen LogP contribution is -2.15. The molecule has 1 fully saturated rings. The Balaban J connectivity index is 1.74. The minimum Gasteiger partial charge on any atom is -0.496 e. The zero-order valence-electron chi connectivity index (χ0n) is 15.1. The summed E-state index contributed by atoms with van der Waals surface area (Å²) in [4.78, 5) is 12.7. The van der Waals surface area contributed by atoms with Crippen molar-refractivity contribution in [1.29, 1.82) is 0 Å². The Morgan fingerprint density at radius 3 is 2.72 bits per heavy atom. The van der Waals surface area contributed by atoms with E-state index in [0.29, 0.717) is 23.1 Å². The minimum atomic E-state index is 0.0568. The zero-order valence-corrected chi connectivity index (χ0v) is 15.9. The van der Waals surface area contributed by atoms with E-state index < -0.39 is 0 Å². The summed E-state index contributed by atoms with van der Waals surface area (Å²) in [5.74, 6) is 1.96. The molecule has 0 bridgehead atoms. The highest BCUT2D eigenvalue weighted by Gasteiger charge is 2.22. The summed E-state index contributed by atoms with van der Waals surface area (Å²) in [6.07, 6.45) is 6.17. The van der Waals surface area contributed by atoms with Gasteiger partial charge in [-0.05, 0) is 38.8 Å². The van der Waals surface area contributed by atoms with Crippen LogP contribution in [0.1, 0.15) is 59.9 Å². The lowest BCUT2D eigenvalue weighted by Gasteiger charge is -2.24. The lowest BCUT2D eigenvalue weighted by molar-refractivity contribution is 0.101. The van der Waals surface area contributed by atoms with Crippen molar-refractivity contribution in [1.82, 2.24) is 14.8 Å². The third-order valence-corrected chi connectivity index (χ3v) is 5.71. The zero-order chi connectivity index (χ0) is 17.8. The maximum absolute atomic E-state index is 12.7. The van der Waals surface area contributed by atoms with Gasteiger partial charge < -0.3 is 9.30 Å².